The molecule has 1 amide bonds. The lowest BCUT2D eigenvalue weighted by Gasteiger charge is -2.29. The average molecular weight is 368 g/mol. The Morgan fingerprint density at radius 3 is 2.56 bits per heavy atom. The molecule has 2 aromatic rings. The van der Waals surface area contributed by atoms with E-state index in [1.54, 1.807) is 0 Å². The van der Waals surface area contributed by atoms with E-state index in [1.165, 1.54) is 0 Å². The number of ether oxygens (including phenoxy) is 2. The Labute approximate surface area is 161 Å². The fourth-order valence-electron chi connectivity index (χ4n) is 3.09. The topological polar surface area (TPSA) is 50.8 Å². The summed E-state index contributed by atoms with van der Waals surface area (Å²) in [6.07, 6.45) is 2.43. The summed E-state index contributed by atoms with van der Waals surface area (Å²) in [6.45, 7) is 4.65. The lowest BCUT2D eigenvalue weighted by Crippen LogP contribution is -2.35. The number of amides is 1. The standard InChI is InChI=1S/C22H28N2O3/c1-17-4-3-5-21(14-17)26-16-22(25)23-15-18-6-8-19(9-7-18)27-20-10-12-24(2)13-11-20/h3-9,14,20H,10-13,15-16H2,1-2H3,(H,23,25). The van der Waals surface area contributed by atoms with Crippen molar-refractivity contribution in [2.75, 3.05) is 26.7 Å². The van der Waals surface area contributed by atoms with Crippen molar-refractivity contribution >= 4 is 5.91 Å². The molecule has 0 saturated carbocycles. The highest BCUT2D eigenvalue weighted by atomic mass is 16.5. The van der Waals surface area contributed by atoms with Gasteiger partial charge in [0.15, 0.2) is 6.61 Å². The number of rotatable bonds is 7. The summed E-state index contributed by atoms with van der Waals surface area (Å²) in [5.74, 6) is 1.46. The van der Waals surface area contributed by atoms with Gasteiger partial charge in [0.25, 0.3) is 5.91 Å². The van der Waals surface area contributed by atoms with Gasteiger partial charge < -0.3 is 19.7 Å². The highest BCUT2D eigenvalue weighted by molar-refractivity contribution is 5.77. The first kappa shape index (κ1) is 19.2. The molecule has 1 aliphatic rings. The van der Waals surface area contributed by atoms with Gasteiger partial charge in [0.1, 0.15) is 17.6 Å². The molecule has 0 bridgehead atoms. The zero-order valence-electron chi connectivity index (χ0n) is 16.1. The number of aryl methyl sites for hydroxylation is 1. The minimum absolute atomic E-state index is 0.0147. The molecule has 1 heterocycles. The smallest absolute Gasteiger partial charge is 0.258 e. The van der Waals surface area contributed by atoms with E-state index in [1.807, 2.05) is 55.5 Å². The van der Waals surface area contributed by atoms with Crippen molar-refractivity contribution in [3.63, 3.8) is 0 Å². The molecule has 1 N–H and O–H groups in total. The first-order valence-electron chi connectivity index (χ1n) is 9.49. The Morgan fingerprint density at radius 2 is 1.85 bits per heavy atom. The number of nitrogens with zero attached hydrogens (tertiary/aromatic N) is 1. The molecule has 0 aliphatic carbocycles. The van der Waals surface area contributed by atoms with Crippen LogP contribution in [0.15, 0.2) is 48.5 Å². The molecule has 27 heavy (non-hydrogen) atoms. The predicted molar refractivity (Wildman–Crippen MR) is 106 cm³/mol. The molecular weight excluding hydrogens is 340 g/mol. The molecule has 2 aromatic carbocycles. The van der Waals surface area contributed by atoms with Crippen LogP contribution < -0.4 is 14.8 Å². The Balaban J connectivity index is 1.39. The second kappa shape index (κ2) is 9.42. The van der Waals surface area contributed by atoms with Crippen LogP contribution in [-0.2, 0) is 11.3 Å². The summed E-state index contributed by atoms with van der Waals surface area (Å²) in [7, 11) is 2.14. The van der Waals surface area contributed by atoms with Crippen LogP contribution in [0, 0.1) is 6.92 Å². The fraction of sp³-hybridized carbons (Fsp3) is 0.409. The van der Waals surface area contributed by atoms with Gasteiger partial charge in [0.05, 0.1) is 0 Å². The van der Waals surface area contributed by atoms with Crippen LogP contribution in [-0.4, -0.2) is 43.7 Å². The van der Waals surface area contributed by atoms with Crippen LogP contribution >= 0.6 is 0 Å². The number of benzene rings is 2. The summed E-state index contributed by atoms with van der Waals surface area (Å²) in [5.41, 5.74) is 2.14. The lowest BCUT2D eigenvalue weighted by molar-refractivity contribution is -0.123. The fourth-order valence-corrected chi connectivity index (χ4v) is 3.09. The van der Waals surface area contributed by atoms with E-state index in [0.717, 1.165) is 42.8 Å². The van der Waals surface area contributed by atoms with Gasteiger partial charge in [-0.3, -0.25) is 4.79 Å². The van der Waals surface area contributed by atoms with E-state index in [4.69, 9.17) is 9.47 Å². The Bertz CT molecular complexity index is 737. The van der Waals surface area contributed by atoms with Crippen molar-refractivity contribution < 1.29 is 14.3 Å². The van der Waals surface area contributed by atoms with E-state index in [2.05, 4.69) is 17.3 Å². The third-order valence-corrected chi connectivity index (χ3v) is 4.74. The summed E-state index contributed by atoms with van der Waals surface area (Å²) in [4.78, 5) is 14.3. The van der Waals surface area contributed by atoms with Crippen LogP contribution in [0.25, 0.3) is 0 Å². The summed E-state index contributed by atoms with van der Waals surface area (Å²) < 4.78 is 11.6. The van der Waals surface area contributed by atoms with Crippen LogP contribution in [0.2, 0.25) is 0 Å². The quantitative estimate of drug-likeness (QED) is 0.816. The zero-order chi connectivity index (χ0) is 19.1. The van der Waals surface area contributed by atoms with Gasteiger partial charge in [-0.1, -0.05) is 24.3 Å². The summed E-state index contributed by atoms with van der Waals surface area (Å²) in [5, 5.41) is 2.88. The Kier molecular flexibility index (Phi) is 6.71. The maximum absolute atomic E-state index is 12.0. The molecule has 1 aliphatic heterocycles. The number of carbonyl (C=O) groups excluding carboxylic acids is 1. The molecule has 1 saturated heterocycles. The SMILES string of the molecule is Cc1cccc(OCC(=O)NCc2ccc(OC3CCN(C)CC3)cc2)c1. The molecule has 3 rings (SSSR count). The maximum Gasteiger partial charge on any atom is 0.258 e. The van der Waals surface area contributed by atoms with Gasteiger partial charge in [0, 0.05) is 19.6 Å². The van der Waals surface area contributed by atoms with Crippen LogP contribution in [0.4, 0.5) is 0 Å². The number of carbonyl (C=O) groups is 1. The molecule has 1 fully saturated rings. The molecule has 0 aromatic heterocycles. The van der Waals surface area contributed by atoms with Gasteiger partial charge in [0.2, 0.25) is 0 Å². The molecule has 144 valence electrons. The minimum atomic E-state index is -0.136. The van der Waals surface area contributed by atoms with E-state index in [9.17, 15) is 4.79 Å². The van der Waals surface area contributed by atoms with Gasteiger partial charge in [-0.2, -0.15) is 0 Å². The third-order valence-electron chi connectivity index (χ3n) is 4.74. The molecule has 5 nitrogen and oxygen atoms in total. The molecule has 0 unspecified atom stereocenters. The number of piperidine rings is 1. The minimum Gasteiger partial charge on any atom is -0.490 e. The highest BCUT2D eigenvalue weighted by Crippen LogP contribution is 2.19. The number of hydrogen-bond acceptors (Lipinski definition) is 4. The first-order chi connectivity index (χ1) is 13.1. The largest absolute Gasteiger partial charge is 0.490 e. The molecule has 5 heteroatoms. The van der Waals surface area contributed by atoms with Crippen molar-refractivity contribution in [2.45, 2.75) is 32.4 Å². The van der Waals surface area contributed by atoms with Crippen molar-refractivity contribution in [1.82, 2.24) is 10.2 Å². The van der Waals surface area contributed by atoms with Crippen molar-refractivity contribution in [2.24, 2.45) is 0 Å². The molecule has 0 radical (unpaired) electrons. The monoisotopic (exact) mass is 368 g/mol. The Hall–Kier alpha value is -2.53. The van der Waals surface area contributed by atoms with Gasteiger partial charge in [-0.25, -0.2) is 0 Å². The predicted octanol–water partition coefficient (Wildman–Crippen LogP) is 3.16. The molecule has 0 spiro atoms. The zero-order valence-corrected chi connectivity index (χ0v) is 16.1. The average Bonchev–Trinajstić information content (AvgIpc) is 2.68. The van der Waals surface area contributed by atoms with Gasteiger partial charge >= 0.3 is 0 Å². The van der Waals surface area contributed by atoms with Gasteiger partial charge in [-0.05, 0) is 62.2 Å². The van der Waals surface area contributed by atoms with E-state index < -0.39 is 0 Å². The second-order valence-electron chi connectivity index (χ2n) is 7.15. The van der Waals surface area contributed by atoms with E-state index in [0.29, 0.717) is 18.4 Å². The number of nitrogens with one attached hydrogen (secondary N) is 1. The van der Waals surface area contributed by atoms with Crippen molar-refractivity contribution in [3.8, 4) is 11.5 Å². The number of likely N-dealkylation sites (tertiary alicyclic amines) is 1. The second-order valence-corrected chi connectivity index (χ2v) is 7.15. The maximum atomic E-state index is 12.0. The van der Waals surface area contributed by atoms with Crippen LogP contribution in [0.1, 0.15) is 24.0 Å². The van der Waals surface area contributed by atoms with E-state index in [-0.39, 0.29) is 12.5 Å². The van der Waals surface area contributed by atoms with Gasteiger partial charge in [-0.15, -0.1) is 0 Å². The third kappa shape index (κ3) is 6.29. The Morgan fingerprint density at radius 1 is 1.11 bits per heavy atom. The van der Waals surface area contributed by atoms with Crippen LogP contribution in [0.5, 0.6) is 11.5 Å². The first-order valence-corrected chi connectivity index (χ1v) is 9.49. The molecular formula is C22H28N2O3. The van der Waals surface area contributed by atoms with E-state index >= 15 is 0 Å². The lowest BCUT2D eigenvalue weighted by atomic mass is 10.1. The van der Waals surface area contributed by atoms with Crippen LogP contribution in [0.3, 0.4) is 0 Å². The number of hydrogen-bond donors (Lipinski definition) is 1. The van der Waals surface area contributed by atoms with Crippen molar-refractivity contribution in [1.29, 1.82) is 0 Å². The normalized spacial score (nSPS) is 15.3. The van der Waals surface area contributed by atoms with Crippen molar-refractivity contribution in [3.05, 3.63) is 59.7 Å². The summed E-state index contributed by atoms with van der Waals surface area (Å²) >= 11 is 0. The molecule has 0 atom stereocenters. The summed E-state index contributed by atoms with van der Waals surface area (Å²) in [6, 6.07) is 15.6. The highest BCUT2D eigenvalue weighted by Gasteiger charge is 2.17.